The SMILES string of the molecule is COCCCN(CCOC)S(=O)(=O)c1cccc(F)c1N. The van der Waals surface area contributed by atoms with E-state index in [1.54, 1.807) is 7.11 Å². The van der Waals surface area contributed by atoms with Crippen molar-refractivity contribution < 1.29 is 22.3 Å². The molecule has 0 aliphatic carbocycles. The molecule has 0 radical (unpaired) electrons. The van der Waals surface area contributed by atoms with Gasteiger partial charge in [-0.3, -0.25) is 0 Å². The third-order valence-electron chi connectivity index (χ3n) is 2.93. The molecule has 1 aromatic carbocycles. The van der Waals surface area contributed by atoms with Crippen LogP contribution in [0, 0.1) is 5.82 Å². The molecular formula is C13H21FN2O4S. The van der Waals surface area contributed by atoms with E-state index in [-0.39, 0.29) is 30.3 Å². The maximum Gasteiger partial charge on any atom is 0.245 e. The minimum Gasteiger partial charge on any atom is -0.395 e. The molecule has 0 amide bonds. The summed E-state index contributed by atoms with van der Waals surface area (Å²) in [5.41, 5.74) is 5.18. The number of nitrogens with zero attached hydrogens (tertiary/aromatic N) is 1. The van der Waals surface area contributed by atoms with Gasteiger partial charge in [-0.15, -0.1) is 0 Å². The molecule has 0 atom stereocenters. The Bertz CT molecular complexity index is 551. The lowest BCUT2D eigenvalue weighted by atomic mass is 10.3. The Morgan fingerprint density at radius 2 is 1.86 bits per heavy atom. The van der Waals surface area contributed by atoms with Crippen LogP contribution >= 0.6 is 0 Å². The normalized spacial score (nSPS) is 12.0. The van der Waals surface area contributed by atoms with Crippen molar-refractivity contribution in [2.75, 3.05) is 46.3 Å². The smallest absolute Gasteiger partial charge is 0.245 e. The standard InChI is InChI=1S/C13H21FN2O4S/c1-19-9-4-7-16(8-10-20-2)21(17,18)12-6-3-5-11(14)13(12)15/h3,5-6H,4,7-10,15H2,1-2H3. The van der Waals surface area contributed by atoms with Crippen LogP contribution in [0.3, 0.4) is 0 Å². The molecule has 21 heavy (non-hydrogen) atoms. The van der Waals surface area contributed by atoms with Crippen molar-refractivity contribution in [2.24, 2.45) is 0 Å². The monoisotopic (exact) mass is 320 g/mol. The van der Waals surface area contributed by atoms with E-state index >= 15 is 0 Å². The summed E-state index contributed by atoms with van der Waals surface area (Å²) >= 11 is 0. The number of halogens is 1. The van der Waals surface area contributed by atoms with Crippen LogP contribution in [0.4, 0.5) is 10.1 Å². The molecule has 0 spiro atoms. The minimum absolute atomic E-state index is 0.165. The molecule has 1 aromatic rings. The lowest BCUT2D eigenvalue weighted by molar-refractivity contribution is 0.164. The number of hydrogen-bond acceptors (Lipinski definition) is 5. The molecular weight excluding hydrogens is 299 g/mol. The third kappa shape index (κ3) is 4.63. The Balaban J connectivity index is 3.04. The van der Waals surface area contributed by atoms with Crippen LogP contribution in [0.25, 0.3) is 0 Å². The van der Waals surface area contributed by atoms with Gasteiger partial charge in [0.05, 0.1) is 12.3 Å². The maximum atomic E-state index is 13.5. The highest BCUT2D eigenvalue weighted by Crippen LogP contribution is 2.24. The molecule has 0 aromatic heterocycles. The lowest BCUT2D eigenvalue weighted by Crippen LogP contribution is -2.35. The molecule has 0 aliphatic rings. The number of para-hydroxylation sites is 1. The van der Waals surface area contributed by atoms with Gasteiger partial charge in [0.1, 0.15) is 10.7 Å². The number of methoxy groups -OCH3 is 2. The highest BCUT2D eigenvalue weighted by Gasteiger charge is 2.27. The number of sulfonamides is 1. The summed E-state index contributed by atoms with van der Waals surface area (Å²) in [6.45, 7) is 1.08. The molecule has 1 rings (SSSR count). The zero-order valence-electron chi connectivity index (χ0n) is 12.2. The fraction of sp³-hybridized carbons (Fsp3) is 0.538. The van der Waals surface area contributed by atoms with Crippen LogP contribution in [-0.2, 0) is 19.5 Å². The van der Waals surface area contributed by atoms with Gasteiger partial charge in [-0.05, 0) is 18.6 Å². The topological polar surface area (TPSA) is 81.9 Å². The highest BCUT2D eigenvalue weighted by atomic mass is 32.2. The first kappa shape index (κ1) is 17.8. The Kier molecular flexibility index (Phi) is 7.03. The van der Waals surface area contributed by atoms with Crippen LogP contribution < -0.4 is 5.73 Å². The van der Waals surface area contributed by atoms with Gasteiger partial charge in [0, 0.05) is 33.9 Å². The number of rotatable bonds is 9. The van der Waals surface area contributed by atoms with Crippen molar-refractivity contribution in [2.45, 2.75) is 11.3 Å². The molecule has 0 fully saturated rings. The summed E-state index contributed by atoms with van der Waals surface area (Å²) in [5, 5.41) is 0. The van der Waals surface area contributed by atoms with Crippen molar-refractivity contribution >= 4 is 15.7 Å². The summed E-state index contributed by atoms with van der Waals surface area (Å²) in [5.74, 6) is -0.750. The molecule has 0 unspecified atom stereocenters. The quantitative estimate of drug-likeness (QED) is 0.544. The number of benzene rings is 1. The van der Waals surface area contributed by atoms with Crippen molar-refractivity contribution in [3.05, 3.63) is 24.0 Å². The Labute approximate surface area is 124 Å². The second-order valence-corrected chi connectivity index (χ2v) is 6.30. The largest absolute Gasteiger partial charge is 0.395 e. The number of nitrogen functional groups attached to an aromatic ring is 1. The fourth-order valence-electron chi connectivity index (χ4n) is 1.81. The van der Waals surface area contributed by atoms with Gasteiger partial charge in [-0.25, -0.2) is 12.8 Å². The highest BCUT2D eigenvalue weighted by molar-refractivity contribution is 7.89. The van der Waals surface area contributed by atoms with E-state index in [0.717, 1.165) is 6.07 Å². The average Bonchev–Trinajstić information content (AvgIpc) is 2.45. The summed E-state index contributed by atoms with van der Waals surface area (Å²) in [6.07, 6.45) is 0.522. The van der Waals surface area contributed by atoms with Crippen molar-refractivity contribution in [3.8, 4) is 0 Å². The summed E-state index contributed by atoms with van der Waals surface area (Å²) < 4.78 is 49.7. The molecule has 120 valence electrons. The molecule has 6 nitrogen and oxygen atoms in total. The zero-order chi connectivity index (χ0) is 15.9. The molecule has 0 heterocycles. The predicted octanol–water partition coefficient (Wildman–Crippen LogP) is 1.08. The van der Waals surface area contributed by atoms with E-state index in [2.05, 4.69) is 0 Å². The Hall–Kier alpha value is -1.22. The number of nitrogens with two attached hydrogens (primary N) is 1. The molecule has 0 bridgehead atoms. The van der Waals surface area contributed by atoms with E-state index in [1.165, 1.54) is 23.5 Å². The molecule has 8 heteroatoms. The fourth-order valence-corrected chi connectivity index (χ4v) is 3.40. The van der Waals surface area contributed by atoms with Crippen molar-refractivity contribution in [1.29, 1.82) is 0 Å². The number of anilines is 1. The van der Waals surface area contributed by atoms with Crippen LogP contribution in [0.2, 0.25) is 0 Å². The van der Waals surface area contributed by atoms with Gasteiger partial charge in [-0.2, -0.15) is 4.31 Å². The van der Waals surface area contributed by atoms with Gasteiger partial charge in [0.15, 0.2) is 0 Å². The summed E-state index contributed by atoms with van der Waals surface area (Å²) in [6, 6.07) is 3.74. The van der Waals surface area contributed by atoms with E-state index in [4.69, 9.17) is 15.2 Å². The van der Waals surface area contributed by atoms with Gasteiger partial charge >= 0.3 is 0 Å². The lowest BCUT2D eigenvalue weighted by Gasteiger charge is -2.22. The van der Waals surface area contributed by atoms with E-state index < -0.39 is 15.8 Å². The van der Waals surface area contributed by atoms with Gasteiger partial charge in [0.2, 0.25) is 10.0 Å². The maximum absolute atomic E-state index is 13.5. The first-order valence-corrected chi connectivity index (χ1v) is 7.91. The average molecular weight is 320 g/mol. The third-order valence-corrected chi connectivity index (χ3v) is 4.89. The van der Waals surface area contributed by atoms with Crippen molar-refractivity contribution in [3.63, 3.8) is 0 Å². The minimum atomic E-state index is -3.87. The zero-order valence-corrected chi connectivity index (χ0v) is 13.0. The Morgan fingerprint density at radius 3 is 2.48 bits per heavy atom. The predicted molar refractivity (Wildman–Crippen MR) is 77.9 cm³/mol. The summed E-state index contributed by atoms with van der Waals surface area (Å²) in [4.78, 5) is -0.226. The first-order valence-electron chi connectivity index (χ1n) is 6.47. The molecule has 0 saturated heterocycles. The Morgan fingerprint density at radius 1 is 1.19 bits per heavy atom. The van der Waals surface area contributed by atoms with Crippen LogP contribution in [-0.4, -0.2) is 53.2 Å². The molecule has 0 saturated carbocycles. The second kappa shape index (κ2) is 8.28. The summed E-state index contributed by atoms with van der Waals surface area (Å²) in [7, 11) is -0.851. The van der Waals surface area contributed by atoms with E-state index in [1.807, 2.05) is 0 Å². The second-order valence-electron chi connectivity index (χ2n) is 4.39. The van der Waals surface area contributed by atoms with Crippen LogP contribution in [0.5, 0.6) is 0 Å². The van der Waals surface area contributed by atoms with E-state index in [9.17, 15) is 12.8 Å². The van der Waals surface area contributed by atoms with Gasteiger partial charge < -0.3 is 15.2 Å². The first-order chi connectivity index (χ1) is 9.95. The van der Waals surface area contributed by atoms with Gasteiger partial charge in [-0.1, -0.05) is 6.07 Å². The number of ether oxygens (including phenoxy) is 2. The van der Waals surface area contributed by atoms with Gasteiger partial charge in [0.25, 0.3) is 0 Å². The van der Waals surface area contributed by atoms with Crippen LogP contribution in [0.1, 0.15) is 6.42 Å². The molecule has 2 N–H and O–H groups in total. The van der Waals surface area contributed by atoms with Crippen molar-refractivity contribution in [1.82, 2.24) is 4.31 Å². The number of hydrogen-bond donors (Lipinski definition) is 1. The molecule has 0 aliphatic heterocycles. The van der Waals surface area contributed by atoms with Crippen LogP contribution in [0.15, 0.2) is 23.1 Å². The van der Waals surface area contributed by atoms with E-state index in [0.29, 0.717) is 13.0 Å².